The molecule has 0 unspecified atom stereocenters. The number of aliphatic hydroxyl groups is 1. The normalized spacial score (nSPS) is 17.8. The van der Waals surface area contributed by atoms with Gasteiger partial charge in [0.2, 0.25) is 5.95 Å². The minimum atomic E-state index is 0.292. The van der Waals surface area contributed by atoms with E-state index in [0.717, 1.165) is 37.4 Å². The van der Waals surface area contributed by atoms with Gasteiger partial charge in [-0.15, -0.1) is 0 Å². The molecule has 1 aliphatic rings. The molecule has 16 heavy (non-hydrogen) atoms. The van der Waals surface area contributed by atoms with Crippen LogP contribution in [0.5, 0.6) is 0 Å². The summed E-state index contributed by atoms with van der Waals surface area (Å²) in [5, 5.41) is 9.05. The van der Waals surface area contributed by atoms with Gasteiger partial charge >= 0.3 is 0 Å². The molecule has 3 N–H and O–H groups in total. The van der Waals surface area contributed by atoms with Crippen molar-refractivity contribution in [2.75, 3.05) is 24.6 Å². The summed E-state index contributed by atoms with van der Waals surface area (Å²) in [5.41, 5.74) is 6.45. The molecule has 5 nitrogen and oxygen atoms in total. The molecule has 1 saturated heterocycles. The van der Waals surface area contributed by atoms with Gasteiger partial charge in [-0.2, -0.15) is 0 Å². The van der Waals surface area contributed by atoms with E-state index in [1.54, 1.807) is 12.4 Å². The summed E-state index contributed by atoms with van der Waals surface area (Å²) in [5.74, 6) is 1.22. The number of aromatic nitrogens is 2. The zero-order valence-electron chi connectivity index (χ0n) is 9.34. The summed E-state index contributed by atoms with van der Waals surface area (Å²) in [6.07, 6.45) is 5.58. The molecule has 2 heterocycles. The largest absolute Gasteiger partial charge is 0.396 e. The molecule has 1 aromatic heterocycles. The Morgan fingerprint density at radius 2 is 1.94 bits per heavy atom. The Balaban J connectivity index is 1.97. The second-order valence-electron chi connectivity index (χ2n) is 4.21. The fourth-order valence-corrected chi connectivity index (χ4v) is 1.93. The highest BCUT2D eigenvalue weighted by atomic mass is 16.3. The van der Waals surface area contributed by atoms with Gasteiger partial charge in [-0.3, -0.25) is 0 Å². The lowest BCUT2D eigenvalue weighted by Gasteiger charge is -2.30. The quantitative estimate of drug-likeness (QED) is 0.761. The van der Waals surface area contributed by atoms with Crippen LogP contribution in [0.2, 0.25) is 0 Å². The lowest BCUT2D eigenvalue weighted by molar-refractivity contribution is 0.202. The summed E-state index contributed by atoms with van der Waals surface area (Å²) < 4.78 is 0. The van der Waals surface area contributed by atoms with Crippen LogP contribution in [0.3, 0.4) is 0 Å². The Labute approximate surface area is 95.3 Å². The Morgan fingerprint density at radius 3 is 2.44 bits per heavy atom. The average molecular weight is 222 g/mol. The van der Waals surface area contributed by atoms with Crippen molar-refractivity contribution in [3.8, 4) is 0 Å². The van der Waals surface area contributed by atoms with E-state index in [-0.39, 0.29) is 0 Å². The number of aliphatic hydroxyl groups excluding tert-OH is 1. The van der Waals surface area contributed by atoms with Crippen molar-refractivity contribution in [1.29, 1.82) is 0 Å². The van der Waals surface area contributed by atoms with Gasteiger partial charge in [0.05, 0.1) is 0 Å². The third-order valence-corrected chi connectivity index (χ3v) is 3.08. The van der Waals surface area contributed by atoms with Crippen LogP contribution in [-0.4, -0.2) is 34.8 Å². The first-order valence-electron chi connectivity index (χ1n) is 5.70. The van der Waals surface area contributed by atoms with Crippen LogP contribution in [0.15, 0.2) is 12.4 Å². The van der Waals surface area contributed by atoms with E-state index in [9.17, 15) is 0 Å². The Hall–Kier alpha value is -1.20. The predicted molar refractivity (Wildman–Crippen MR) is 61.9 cm³/mol. The van der Waals surface area contributed by atoms with Crippen LogP contribution in [0.1, 0.15) is 18.4 Å². The van der Waals surface area contributed by atoms with Crippen LogP contribution in [0, 0.1) is 5.92 Å². The second-order valence-corrected chi connectivity index (χ2v) is 4.21. The Morgan fingerprint density at radius 1 is 1.31 bits per heavy atom. The van der Waals surface area contributed by atoms with Crippen molar-refractivity contribution in [2.45, 2.75) is 19.4 Å². The standard InChI is InChI=1S/C11H18N4O/c12-5-10-6-13-11(14-7-10)15-3-1-9(8-16)2-4-15/h6-7,9,16H,1-5,8,12H2. The van der Waals surface area contributed by atoms with E-state index >= 15 is 0 Å². The molecule has 1 fully saturated rings. The summed E-state index contributed by atoms with van der Waals surface area (Å²) in [6.45, 7) is 2.62. The maximum Gasteiger partial charge on any atom is 0.225 e. The van der Waals surface area contributed by atoms with Crippen molar-refractivity contribution >= 4 is 5.95 Å². The molecule has 0 spiro atoms. The minimum Gasteiger partial charge on any atom is -0.396 e. The van der Waals surface area contributed by atoms with Crippen molar-refractivity contribution in [2.24, 2.45) is 11.7 Å². The highest BCUT2D eigenvalue weighted by Gasteiger charge is 2.19. The molecule has 0 amide bonds. The highest BCUT2D eigenvalue weighted by Crippen LogP contribution is 2.19. The SMILES string of the molecule is NCc1cnc(N2CCC(CO)CC2)nc1. The van der Waals surface area contributed by atoms with Crippen molar-refractivity contribution < 1.29 is 5.11 Å². The van der Waals surface area contributed by atoms with Gasteiger partial charge in [-0.05, 0) is 18.8 Å². The molecule has 2 rings (SSSR count). The topological polar surface area (TPSA) is 75.3 Å². The number of nitrogens with zero attached hydrogens (tertiary/aromatic N) is 3. The van der Waals surface area contributed by atoms with E-state index < -0.39 is 0 Å². The maximum atomic E-state index is 9.05. The lowest BCUT2D eigenvalue weighted by Crippen LogP contribution is -2.35. The summed E-state index contributed by atoms with van der Waals surface area (Å²) >= 11 is 0. The number of nitrogens with two attached hydrogens (primary N) is 1. The molecule has 0 aliphatic carbocycles. The second kappa shape index (κ2) is 5.23. The zero-order chi connectivity index (χ0) is 11.4. The van der Waals surface area contributed by atoms with Gasteiger partial charge < -0.3 is 15.7 Å². The number of hydrogen-bond donors (Lipinski definition) is 2. The van der Waals surface area contributed by atoms with Gasteiger partial charge in [-0.1, -0.05) is 0 Å². The molecule has 88 valence electrons. The molecular weight excluding hydrogens is 204 g/mol. The molecule has 0 bridgehead atoms. The smallest absolute Gasteiger partial charge is 0.225 e. The minimum absolute atomic E-state index is 0.292. The fourth-order valence-electron chi connectivity index (χ4n) is 1.93. The van der Waals surface area contributed by atoms with E-state index in [1.165, 1.54) is 0 Å². The van der Waals surface area contributed by atoms with E-state index in [2.05, 4.69) is 14.9 Å². The fraction of sp³-hybridized carbons (Fsp3) is 0.636. The zero-order valence-corrected chi connectivity index (χ0v) is 9.34. The van der Waals surface area contributed by atoms with Crippen molar-refractivity contribution in [3.63, 3.8) is 0 Å². The molecule has 1 aliphatic heterocycles. The van der Waals surface area contributed by atoms with Crippen LogP contribution in [-0.2, 0) is 6.54 Å². The summed E-state index contributed by atoms with van der Waals surface area (Å²) in [4.78, 5) is 10.8. The van der Waals surface area contributed by atoms with Crippen molar-refractivity contribution in [1.82, 2.24) is 9.97 Å². The molecule has 1 aromatic rings. The number of hydrogen-bond acceptors (Lipinski definition) is 5. The molecule has 5 heteroatoms. The van der Waals surface area contributed by atoms with Gasteiger partial charge in [0.15, 0.2) is 0 Å². The van der Waals surface area contributed by atoms with E-state index in [0.29, 0.717) is 19.1 Å². The van der Waals surface area contributed by atoms with Gasteiger partial charge in [0, 0.05) is 44.2 Å². The van der Waals surface area contributed by atoms with Crippen LogP contribution in [0.25, 0.3) is 0 Å². The predicted octanol–water partition coefficient (Wildman–Crippen LogP) is 0.144. The molecule has 0 atom stereocenters. The van der Waals surface area contributed by atoms with Crippen LogP contribution >= 0.6 is 0 Å². The molecular formula is C11H18N4O. The maximum absolute atomic E-state index is 9.05. The van der Waals surface area contributed by atoms with Crippen molar-refractivity contribution in [3.05, 3.63) is 18.0 Å². The molecule has 0 saturated carbocycles. The van der Waals surface area contributed by atoms with Crippen LogP contribution < -0.4 is 10.6 Å². The number of piperidine rings is 1. The molecule has 0 aromatic carbocycles. The lowest BCUT2D eigenvalue weighted by atomic mass is 9.98. The third kappa shape index (κ3) is 2.48. The van der Waals surface area contributed by atoms with Gasteiger partial charge in [-0.25, -0.2) is 9.97 Å². The third-order valence-electron chi connectivity index (χ3n) is 3.08. The first-order chi connectivity index (χ1) is 7.83. The summed E-state index contributed by atoms with van der Waals surface area (Å²) in [6, 6.07) is 0. The first-order valence-corrected chi connectivity index (χ1v) is 5.70. The van der Waals surface area contributed by atoms with Gasteiger partial charge in [0.25, 0.3) is 0 Å². The average Bonchev–Trinajstić information content (AvgIpc) is 2.39. The highest BCUT2D eigenvalue weighted by molar-refractivity contribution is 5.30. The summed E-state index contributed by atoms with van der Waals surface area (Å²) in [7, 11) is 0. The number of anilines is 1. The Bertz CT molecular complexity index is 319. The number of rotatable bonds is 3. The first kappa shape index (κ1) is 11.3. The molecule has 0 radical (unpaired) electrons. The van der Waals surface area contributed by atoms with E-state index in [4.69, 9.17) is 10.8 Å². The van der Waals surface area contributed by atoms with E-state index in [1.807, 2.05) is 0 Å². The Kier molecular flexibility index (Phi) is 3.69. The monoisotopic (exact) mass is 222 g/mol. The van der Waals surface area contributed by atoms with Crippen LogP contribution in [0.4, 0.5) is 5.95 Å². The van der Waals surface area contributed by atoms with Gasteiger partial charge in [0.1, 0.15) is 0 Å².